The first kappa shape index (κ1) is 18.4. The highest BCUT2D eigenvalue weighted by atomic mass is 79.9. The summed E-state index contributed by atoms with van der Waals surface area (Å²) in [6, 6.07) is 5.50. The second-order valence-electron chi connectivity index (χ2n) is 6.85. The maximum Gasteiger partial charge on any atom is 0.410 e. The predicted octanol–water partition coefficient (Wildman–Crippen LogP) is 5.13. The van der Waals surface area contributed by atoms with Crippen molar-refractivity contribution >= 4 is 33.6 Å². The molecule has 0 unspecified atom stereocenters. The minimum absolute atomic E-state index is 0.243. The molecule has 1 saturated heterocycles. The Bertz CT molecular complexity index is 539. The van der Waals surface area contributed by atoms with Crippen LogP contribution in [0.2, 0.25) is 5.02 Å². The lowest BCUT2D eigenvalue weighted by atomic mass is 9.99. The SMILES string of the molecule is CC(C)(C)OC(=O)N1CCC[C@H](COc2cc(Cl)cc(Br)c2)C1. The van der Waals surface area contributed by atoms with Crippen molar-refractivity contribution in [3.63, 3.8) is 0 Å². The van der Waals surface area contributed by atoms with Gasteiger partial charge in [0.15, 0.2) is 0 Å². The number of piperidine rings is 1. The van der Waals surface area contributed by atoms with E-state index in [1.807, 2.05) is 32.9 Å². The lowest BCUT2D eigenvalue weighted by Gasteiger charge is -2.34. The topological polar surface area (TPSA) is 38.8 Å². The van der Waals surface area contributed by atoms with Gasteiger partial charge in [-0.2, -0.15) is 0 Å². The monoisotopic (exact) mass is 403 g/mol. The summed E-state index contributed by atoms with van der Waals surface area (Å²) in [6.07, 6.45) is 1.76. The van der Waals surface area contributed by atoms with Gasteiger partial charge in [-0.1, -0.05) is 27.5 Å². The summed E-state index contributed by atoms with van der Waals surface area (Å²) in [5, 5.41) is 0.633. The highest BCUT2D eigenvalue weighted by Crippen LogP contribution is 2.26. The Morgan fingerprint density at radius 2 is 2.13 bits per heavy atom. The van der Waals surface area contributed by atoms with Gasteiger partial charge in [-0.15, -0.1) is 0 Å². The van der Waals surface area contributed by atoms with Crippen LogP contribution < -0.4 is 4.74 Å². The average Bonchev–Trinajstić information content (AvgIpc) is 2.43. The summed E-state index contributed by atoms with van der Waals surface area (Å²) in [4.78, 5) is 13.9. The van der Waals surface area contributed by atoms with Crippen LogP contribution in [-0.4, -0.2) is 36.3 Å². The van der Waals surface area contributed by atoms with Crippen molar-refractivity contribution in [3.8, 4) is 5.75 Å². The van der Waals surface area contributed by atoms with Gasteiger partial charge in [0.05, 0.1) is 6.61 Å². The number of hydrogen-bond donors (Lipinski definition) is 0. The fourth-order valence-electron chi connectivity index (χ4n) is 2.52. The van der Waals surface area contributed by atoms with Crippen LogP contribution in [-0.2, 0) is 4.74 Å². The number of rotatable bonds is 3. The second kappa shape index (κ2) is 7.75. The smallest absolute Gasteiger partial charge is 0.410 e. The summed E-state index contributed by atoms with van der Waals surface area (Å²) in [7, 11) is 0. The molecule has 0 bridgehead atoms. The molecule has 1 aromatic rings. The Balaban J connectivity index is 1.87. The molecule has 128 valence electrons. The minimum Gasteiger partial charge on any atom is -0.493 e. The van der Waals surface area contributed by atoms with E-state index >= 15 is 0 Å². The Kier molecular flexibility index (Phi) is 6.20. The lowest BCUT2D eigenvalue weighted by molar-refractivity contribution is 0.0139. The van der Waals surface area contributed by atoms with Crippen molar-refractivity contribution in [1.29, 1.82) is 0 Å². The number of benzene rings is 1. The first-order valence-electron chi connectivity index (χ1n) is 7.80. The third-order valence-electron chi connectivity index (χ3n) is 3.49. The molecule has 0 saturated carbocycles. The van der Waals surface area contributed by atoms with Crippen LogP contribution >= 0.6 is 27.5 Å². The van der Waals surface area contributed by atoms with Crippen molar-refractivity contribution in [3.05, 3.63) is 27.7 Å². The van der Waals surface area contributed by atoms with E-state index in [-0.39, 0.29) is 6.09 Å². The first-order valence-corrected chi connectivity index (χ1v) is 8.97. The third kappa shape index (κ3) is 6.22. The average molecular weight is 405 g/mol. The van der Waals surface area contributed by atoms with Crippen LogP contribution in [0.5, 0.6) is 5.75 Å². The van der Waals surface area contributed by atoms with E-state index in [0.717, 1.165) is 29.6 Å². The summed E-state index contributed by atoms with van der Waals surface area (Å²) in [5.41, 5.74) is -0.465. The van der Waals surface area contributed by atoms with Gasteiger partial charge in [0.1, 0.15) is 11.4 Å². The molecule has 4 nitrogen and oxygen atoms in total. The molecule has 0 aromatic heterocycles. The fraction of sp³-hybridized carbons (Fsp3) is 0.588. The maximum absolute atomic E-state index is 12.2. The molecule has 2 rings (SSSR count). The Morgan fingerprint density at radius 1 is 1.39 bits per heavy atom. The lowest BCUT2D eigenvalue weighted by Crippen LogP contribution is -2.44. The number of halogens is 2. The van der Waals surface area contributed by atoms with Gasteiger partial charge < -0.3 is 14.4 Å². The number of carbonyl (C=O) groups is 1. The van der Waals surface area contributed by atoms with Gasteiger partial charge in [-0.05, 0) is 51.8 Å². The molecule has 0 radical (unpaired) electrons. The molecule has 1 amide bonds. The number of amides is 1. The summed E-state index contributed by atoms with van der Waals surface area (Å²) >= 11 is 9.42. The predicted molar refractivity (Wildman–Crippen MR) is 95.2 cm³/mol. The van der Waals surface area contributed by atoms with E-state index in [9.17, 15) is 4.79 Å². The van der Waals surface area contributed by atoms with Crippen LogP contribution in [0.25, 0.3) is 0 Å². The Labute approximate surface area is 151 Å². The standard InChI is InChI=1S/C17H23BrClNO3/c1-17(2,3)23-16(21)20-6-4-5-12(10-20)11-22-15-8-13(18)7-14(19)9-15/h7-9,12H,4-6,10-11H2,1-3H3/t12-/m0/s1. The molecule has 1 aliphatic heterocycles. The molecule has 1 heterocycles. The second-order valence-corrected chi connectivity index (χ2v) is 8.20. The van der Waals surface area contributed by atoms with E-state index in [1.54, 1.807) is 11.0 Å². The van der Waals surface area contributed by atoms with E-state index in [0.29, 0.717) is 24.1 Å². The van der Waals surface area contributed by atoms with Crippen LogP contribution in [0.4, 0.5) is 4.79 Å². The van der Waals surface area contributed by atoms with E-state index < -0.39 is 5.60 Å². The Hall–Kier alpha value is -0.940. The van der Waals surface area contributed by atoms with Gasteiger partial charge in [-0.25, -0.2) is 4.79 Å². The van der Waals surface area contributed by atoms with Gasteiger partial charge >= 0.3 is 6.09 Å². The molecule has 0 spiro atoms. The summed E-state index contributed by atoms with van der Waals surface area (Å²) in [6.45, 7) is 7.61. The van der Waals surface area contributed by atoms with Gasteiger partial charge in [0.2, 0.25) is 0 Å². The largest absolute Gasteiger partial charge is 0.493 e. The van der Waals surface area contributed by atoms with Gasteiger partial charge in [-0.3, -0.25) is 0 Å². The first-order chi connectivity index (χ1) is 10.7. The van der Waals surface area contributed by atoms with Crippen molar-refractivity contribution in [2.45, 2.75) is 39.2 Å². The van der Waals surface area contributed by atoms with Crippen molar-refractivity contribution < 1.29 is 14.3 Å². The fourth-order valence-corrected chi connectivity index (χ4v) is 3.35. The third-order valence-corrected chi connectivity index (χ3v) is 4.17. The summed E-state index contributed by atoms with van der Waals surface area (Å²) < 4.78 is 12.2. The minimum atomic E-state index is -0.465. The number of ether oxygens (including phenoxy) is 2. The molecular weight excluding hydrogens is 382 g/mol. The number of likely N-dealkylation sites (tertiary alicyclic amines) is 1. The molecule has 0 N–H and O–H groups in total. The van der Waals surface area contributed by atoms with Crippen molar-refractivity contribution in [2.24, 2.45) is 5.92 Å². The van der Waals surface area contributed by atoms with Crippen molar-refractivity contribution in [1.82, 2.24) is 4.90 Å². The molecule has 1 aromatic carbocycles. The molecule has 1 fully saturated rings. The molecule has 1 atom stereocenters. The summed E-state index contributed by atoms with van der Waals surface area (Å²) in [5.74, 6) is 1.03. The Morgan fingerprint density at radius 3 is 2.78 bits per heavy atom. The quantitative estimate of drug-likeness (QED) is 0.701. The van der Waals surface area contributed by atoms with E-state index in [4.69, 9.17) is 21.1 Å². The van der Waals surface area contributed by atoms with Crippen LogP contribution in [0.1, 0.15) is 33.6 Å². The van der Waals surface area contributed by atoms with Crippen LogP contribution in [0, 0.1) is 5.92 Å². The molecule has 0 aliphatic carbocycles. The zero-order valence-corrected chi connectivity index (χ0v) is 16.1. The number of carbonyl (C=O) groups excluding carboxylic acids is 1. The van der Waals surface area contributed by atoms with Gasteiger partial charge in [0, 0.05) is 28.5 Å². The van der Waals surface area contributed by atoms with Crippen molar-refractivity contribution in [2.75, 3.05) is 19.7 Å². The van der Waals surface area contributed by atoms with Crippen LogP contribution in [0.15, 0.2) is 22.7 Å². The molecular formula is C17H23BrClNO3. The highest BCUT2D eigenvalue weighted by Gasteiger charge is 2.27. The normalized spacial score (nSPS) is 18.7. The zero-order chi connectivity index (χ0) is 17.0. The zero-order valence-electron chi connectivity index (χ0n) is 13.8. The van der Waals surface area contributed by atoms with E-state index in [1.165, 1.54) is 0 Å². The maximum atomic E-state index is 12.2. The number of hydrogen-bond acceptors (Lipinski definition) is 3. The highest BCUT2D eigenvalue weighted by molar-refractivity contribution is 9.10. The number of nitrogens with zero attached hydrogens (tertiary/aromatic N) is 1. The van der Waals surface area contributed by atoms with E-state index in [2.05, 4.69) is 15.9 Å². The molecule has 6 heteroatoms. The van der Waals surface area contributed by atoms with Gasteiger partial charge in [0.25, 0.3) is 0 Å². The molecule has 23 heavy (non-hydrogen) atoms. The molecule has 1 aliphatic rings. The van der Waals surface area contributed by atoms with Crippen LogP contribution in [0.3, 0.4) is 0 Å².